The van der Waals surface area contributed by atoms with Crippen LogP contribution < -0.4 is 29.1 Å². The van der Waals surface area contributed by atoms with Crippen LogP contribution in [0.2, 0.25) is 0 Å². The zero-order chi connectivity index (χ0) is 31.4. The summed E-state index contributed by atoms with van der Waals surface area (Å²) in [5, 5.41) is 1.88. The molecule has 0 bridgehead atoms. The SMILES string of the molecule is C#CCOc1ccc(/C=c2/sc3n(c2=O)[C@@H](c2c(OC)ccc4ccccc24)C(C(=O)N(CC)CC)=C(C)N=3)cc1OCC. The number of rotatable bonds is 10. The first kappa shape index (κ1) is 30.6. The van der Waals surface area contributed by atoms with E-state index in [-0.39, 0.29) is 18.1 Å². The topological polar surface area (TPSA) is 82.4 Å². The summed E-state index contributed by atoms with van der Waals surface area (Å²) in [5.41, 5.74) is 2.27. The van der Waals surface area contributed by atoms with Gasteiger partial charge in [-0.25, -0.2) is 4.99 Å². The van der Waals surface area contributed by atoms with Crippen molar-refractivity contribution in [3.8, 4) is 29.6 Å². The van der Waals surface area contributed by atoms with Crippen LogP contribution in [0.3, 0.4) is 0 Å². The van der Waals surface area contributed by atoms with E-state index in [0.717, 1.165) is 21.9 Å². The number of benzene rings is 3. The number of methoxy groups -OCH3 is 1. The third-order valence-corrected chi connectivity index (χ3v) is 8.59. The van der Waals surface area contributed by atoms with Crippen LogP contribution in [0.25, 0.3) is 16.8 Å². The fraction of sp³-hybridized carbons (Fsp3) is 0.286. The van der Waals surface area contributed by atoms with Crippen molar-refractivity contribution in [1.82, 2.24) is 9.47 Å². The first-order valence-electron chi connectivity index (χ1n) is 14.6. The van der Waals surface area contributed by atoms with Crippen LogP contribution in [-0.2, 0) is 4.79 Å². The van der Waals surface area contributed by atoms with Gasteiger partial charge in [0.1, 0.15) is 18.4 Å². The van der Waals surface area contributed by atoms with Crippen molar-refractivity contribution in [2.24, 2.45) is 4.99 Å². The molecule has 4 aromatic rings. The van der Waals surface area contributed by atoms with Crippen LogP contribution in [0.5, 0.6) is 17.2 Å². The Kier molecular flexibility index (Phi) is 9.21. The molecule has 0 aliphatic carbocycles. The van der Waals surface area contributed by atoms with Crippen molar-refractivity contribution >= 4 is 34.1 Å². The van der Waals surface area contributed by atoms with Gasteiger partial charge in [-0.2, -0.15) is 0 Å². The maximum absolute atomic E-state index is 14.4. The number of ether oxygens (including phenoxy) is 3. The first-order chi connectivity index (χ1) is 21.4. The van der Waals surface area contributed by atoms with Crippen molar-refractivity contribution in [2.75, 3.05) is 33.4 Å². The van der Waals surface area contributed by atoms with Crippen LogP contribution in [0.1, 0.15) is 44.9 Å². The second kappa shape index (κ2) is 13.2. The van der Waals surface area contributed by atoms with Crippen molar-refractivity contribution in [1.29, 1.82) is 0 Å². The Balaban J connectivity index is 1.77. The Morgan fingerprint density at radius 1 is 1.07 bits per heavy atom. The number of allylic oxidation sites excluding steroid dienone is 1. The van der Waals surface area contributed by atoms with Crippen molar-refractivity contribution in [3.05, 3.63) is 96.7 Å². The summed E-state index contributed by atoms with van der Waals surface area (Å²) in [4.78, 5) is 35.6. The largest absolute Gasteiger partial charge is 0.496 e. The lowest BCUT2D eigenvalue weighted by atomic mass is 9.90. The lowest BCUT2D eigenvalue weighted by Crippen LogP contribution is -2.43. The third-order valence-electron chi connectivity index (χ3n) is 7.60. The predicted octanol–water partition coefficient (Wildman–Crippen LogP) is 4.68. The molecule has 44 heavy (non-hydrogen) atoms. The van der Waals surface area contributed by atoms with E-state index in [4.69, 9.17) is 25.6 Å². The van der Waals surface area contributed by atoms with E-state index in [9.17, 15) is 9.59 Å². The van der Waals surface area contributed by atoms with Gasteiger partial charge in [0.15, 0.2) is 16.3 Å². The van der Waals surface area contributed by atoms with Crippen LogP contribution in [0.15, 0.2) is 75.7 Å². The summed E-state index contributed by atoms with van der Waals surface area (Å²) < 4.78 is 19.4. The maximum Gasteiger partial charge on any atom is 0.271 e. The van der Waals surface area contributed by atoms with Gasteiger partial charge in [0.2, 0.25) is 0 Å². The number of likely N-dealkylation sites (N-methyl/N-ethyl adjacent to an activating group) is 1. The number of hydrogen-bond acceptors (Lipinski definition) is 7. The lowest BCUT2D eigenvalue weighted by Gasteiger charge is -2.30. The molecule has 1 amide bonds. The molecule has 9 heteroatoms. The van der Waals surface area contributed by atoms with Gasteiger partial charge in [-0.05, 0) is 68.3 Å². The predicted molar refractivity (Wildman–Crippen MR) is 174 cm³/mol. The Bertz CT molecular complexity index is 1980. The normalized spacial score (nSPS) is 14.5. The number of carbonyl (C=O) groups excluding carboxylic acids is 1. The molecule has 0 radical (unpaired) electrons. The summed E-state index contributed by atoms with van der Waals surface area (Å²) in [6, 6.07) is 16.5. The lowest BCUT2D eigenvalue weighted by molar-refractivity contribution is -0.127. The summed E-state index contributed by atoms with van der Waals surface area (Å²) in [7, 11) is 1.60. The van der Waals surface area contributed by atoms with Gasteiger partial charge in [-0.15, -0.1) is 6.42 Å². The monoisotopic (exact) mass is 609 g/mol. The number of thiazole rings is 1. The molecule has 1 aliphatic heterocycles. The zero-order valence-corrected chi connectivity index (χ0v) is 26.4. The number of fused-ring (bicyclic) bond motifs is 2. The fourth-order valence-electron chi connectivity index (χ4n) is 5.56. The Morgan fingerprint density at radius 2 is 1.82 bits per heavy atom. The molecule has 0 fully saturated rings. The van der Waals surface area contributed by atoms with E-state index in [1.54, 1.807) is 28.7 Å². The highest BCUT2D eigenvalue weighted by Gasteiger charge is 2.36. The number of aromatic nitrogens is 1. The van der Waals surface area contributed by atoms with Crippen molar-refractivity contribution in [2.45, 2.75) is 33.7 Å². The number of hydrogen-bond donors (Lipinski definition) is 0. The van der Waals surface area contributed by atoms with Gasteiger partial charge in [-0.3, -0.25) is 14.2 Å². The molecule has 226 valence electrons. The molecule has 0 saturated heterocycles. The minimum atomic E-state index is -0.749. The molecule has 0 spiro atoms. The molecule has 2 heterocycles. The Labute approximate surface area is 260 Å². The van der Waals surface area contributed by atoms with Gasteiger partial charge in [0.05, 0.1) is 29.5 Å². The van der Waals surface area contributed by atoms with E-state index in [1.807, 2.05) is 76.2 Å². The number of carbonyl (C=O) groups is 1. The molecule has 8 nitrogen and oxygen atoms in total. The minimum absolute atomic E-state index is 0.115. The zero-order valence-electron chi connectivity index (χ0n) is 25.5. The molecular formula is C35H35N3O5S. The highest BCUT2D eigenvalue weighted by molar-refractivity contribution is 7.07. The molecule has 0 unspecified atom stereocenters. The van der Waals surface area contributed by atoms with E-state index in [0.29, 0.717) is 57.5 Å². The van der Waals surface area contributed by atoms with E-state index < -0.39 is 6.04 Å². The molecule has 5 rings (SSSR count). The third kappa shape index (κ3) is 5.61. The quantitative estimate of drug-likeness (QED) is 0.244. The molecule has 0 N–H and O–H groups in total. The Morgan fingerprint density at radius 3 is 2.52 bits per heavy atom. The molecule has 1 aliphatic rings. The molecular weight excluding hydrogens is 574 g/mol. The van der Waals surface area contributed by atoms with Gasteiger partial charge in [-0.1, -0.05) is 53.7 Å². The highest BCUT2D eigenvalue weighted by Crippen LogP contribution is 2.40. The van der Waals surface area contributed by atoms with Crippen molar-refractivity contribution in [3.63, 3.8) is 0 Å². The molecule has 0 saturated carbocycles. The van der Waals surface area contributed by atoms with Gasteiger partial charge in [0.25, 0.3) is 11.5 Å². The van der Waals surface area contributed by atoms with Gasteiger partial charge >= 0.3 is 0 Å². The van der Waals surface area contributed by atoms with Crippen LogP contribution in [0.4, 0.5) is 0 Å². The van der Waals surface area contributed by atoms with E-state index >= 15 is 0 Å². The Hall–Kier alpha value is -4.81. The van der Waals surface area contributed by atoms with Gasteiger partial charge < -0.3 is 19.1 Å². The van der Waals surface area contributed by atoms with E-state index in [1.165, 1.54) is 11.3 Å². The maximum atomic E-state index is 14.4. The fourth-order valence-corrected chi connectivity index (χ4v) is 6.60. The molecule has 3 aromatic carbocycles. The number of nitrogens with zero attached hydrogens (tertiary/aromatic N) is 3. The van der Waals surface area contributed by atoms with Crippen LogP contribution in [0, 0.1) is 12.3 Å². The smallest absolute Gasteiger partial charge is 0.271 e. The average molecular weight is 610 g/mol. The number of terminal acetylenes is 1. The second-order valence-corrected chi connectivity index (χ2v) is 11.1. The van der Waals surface area contributed by atoms with Gasteiger partial charge in [0, 0.05) is 18.7 Å². The van der Waals surface area contributed by atoms with E-state index in [2.05, 4.69) is 5.92 Å². The van der Waals surface area contributed by atoms with Crippen LogP contribution in [-0.4, -0.2) is 48.8 Å². The molecule has 1 aromatic heterocycles. The number of amides is 1. The first-order valence-corrected chi connectivity index (χ1v) is 15.4. The summed E-state index contributed by atoms with van der Waals surface area (Å²) >= 11 is 1.28. The van der Waals surface area contributed by atoms with Crippen molar-refractivity contribution < 1.29 is 19.0 Å². The summed E-state index contributed by atoms with van der Waals surface area (Å²) in [6.07, 6.45) is 7.17. The average Bonchev–Trinajstić information content (AvgIpc) is 3.33. The molecule has 1 atom stereocenters. The summed E-state index contributed by atoms with van der Waals surface area (Å²) in [6.45, 7) is 9.21. The second-order valence-electron chi connectivity index (χ2n) is 10.1. The standard InChI is InChI=1S/C35H35N3O5S/c1-7-19-43-26-17-15-23(20-28(26)42-10-4)21-29-33(39)38-32(31-25-14-12-11-13-24(25)16-18-27(31)41-6)30(22(5)36-35(38)44-29)34(40)37(8-2)9-3/h1,11-18,20-21,32H,8-10,19H2,2-6H3/b29-21+/t32-/m1/s1. The highest BCUT2D eigenvalue weighted by atomic mass is 32.1. The van der Waals surface area contributed by atoms with Crippen LogP contribution >= 0.6 is 11.3 Å². The minimum Gasteiger partial charge on any atom is -0.496 e. The summed E-state index contributed by atoms with van der Waals surface area (Å²) in [5.74, 6) is 3.96.